The molecule has 6 heteroatoms. The van der Waals surface area contributed by atoms with Crippen molar-refractivity contribution in [2.75, 3.05) is 0 Å². The van der Waals surface area contributed by atoms with Gasteiger partial charge in [0, 0.05) is 44.3 Å². The minimum atomic E-state index is -0.599. The van der Waals surface area contributed by atoms with Crippen molar-refractivity contribution in [1.29, 1.82) is 0 Å². The van der Waals surface area contributed by atoms with E-state index in [1.165, 1.54) is 6.07 Å². The van der Waals surface area contributed by atoms with Crippen molar-refractivity contribution in [2.45, 2.75) is 33.6 Å². The largest absolute Gasteiger partial charge is 0.510 e. The minimum Gasteiger partial charge on any atom is -0.510 e. The number of para-hydroxylation sites is 4. The summed E-state index contributed by atoms with van der Waals surface area (Å²) in [5, 5.41) is 0.813. The fourth-order valence-electron chi connectivity index (χ4n) is 7.34. The molecule has 0 saturated heterocycles. The summed E-state index contributed by atoms with van der Waals surface area (Å²) in [7, 11) is 0. The van der Waals surface area contributed by atoms with Crippen LogP contribution in [-0.2, 0) is 21.1 Å². The van der Waals surface area contributed by atoms with Gasteiger partial charge in [-0.2, -0.15) is 18.2 Å². The molecule has 10 rings (SSSR count). The van der Waals surface area contributed by atoms with Gasteiger partial charge < -0.3 is 13.9 Å². The number of aromatic nitrogens is 4. The number of fused-ring (bicyclic) bond motifs is 4. The molecule has 0 spiro atoms. The van der Waals surface area contributed by atoms with E-state index in [-0.39, 0.29) is 102 Å². The maximum absolute atomic E-state index is 9.06. The maximum atomic E-state index is 9.06. The first-order valence-electron chi connectivity index (χ1n) is 26.0. The van der Waals surface area contributed by atoms with Crippen LogP contribution in [0.1, 0.15) is 58.4 Å². The average Bonchev–Trinajstić information content (AvgIpc) is 3.93. The van der Waals surface area contributed by atoms with Crippen LogP contribution in [0.25, 0.3) is 72.3 Å². The van der Waals surface area contributed by atoms with E-state index in [0.29, 0.717) is 38.8 Å². The van der Waals surface area contributed by atoms with Crippen LogP contribution in [0.3, 0.4) is 0 Å². The second-order valence-corrected chi connectivity index (χ2v) is 15.1. The van der Waals surface area contributed by atoms with Gasteiger partial charge in [-0.3, -0.25) is 4.57 Å². The molecule has 7 aromatic carbocycles. The number of ether oxygens (including phenoxy) is 1. The molecule has 0 radical (unpaired) electrons. The molecule has 5 nitrogen and oxygen atoms in total. The zero-order valence-electron chi connectivity index (χ0n) is 46.8. The molecule has 1 atom stereocenters. The summed E-state index contributed by atoms with van der Waals surface area (Å²) in [6, 6.07) is 24.1. The van der Waals surface area contributed by atoms with Gasteiger partial charge in [-0.05, 0) is 68.4 Å². The first-order valence-corrected chi connectivity index (χ1v) is 19.0. The van der Waals surface area contributed by atoms with Crippen LogP contribution >= 0.6 is 0 Å². The SMILES string of the molecule is [2H]c1c([2H])c([2H])c(-c2cccc(-c3c([2H])c([2H])c([2H])c([2H])c3[2H])c2-[n+]2[c-]n(-c3[c-]c(Oc4[c-]c5c(cc4)c4c([2H])c([2H])c([2H])c([2H])c4n5-c4cc(C(C)C(C)(C)C)ccn4)ccc3)c3ccccc32)c([2H])c1[2H].[Pt]. The third kappa shape index (κ3) is 7.03. The Morgan fingerprint density at radius 3 is 2.08 bits per heavy atom. The molecule has 1 unspecified atom stereocenters. The molecular formula is C54H42N4OPt-2. The Morgan fingerprint density at radius 1 is 0.683 bits per heavy atom. The number of hydrogen-bond acceptors (Lipinski definition) is 2. The summed E-state index contributed by atoms with van der Waals surface area (Å²) in [5.41, 5.74) is 2.95. The Hall–Kier alpha value is -6.55. The summed E-state index contributed by atoms with van der Waals surface area (Å²) in [5.74, 6) is 1.00. The summed E-state index contributed by atoms with van der Waals surface area (Å²) < 4.78 is 133. The van der Waals surface area contributed by atoms with Gasteiger partial charge in [0.2, 0.25) is 0 Å². The van der Waals surface area contributed by atoms with E-state index in [1.807, 2.05) is 12.1 Å². The van der Waals surface area contributed by atoms with E-state index in [9.17, 15) is 0 Å². The van der Waals surface area contributed by atoms with Gasteiger partial charge in [-0.1, -0.05) is 154 Å². The normalized spacial score (nSPS) is 15.4. The first kappa shape index (κ1) is 25.8. The van der Waals surface area contributed by atoms with Gasteiger partial charge in [-0.25, -0.2) is 4.98 Å². The van der Waals surface area contributed by atoms with Gasteiger partial charge in [-0.15, -0.1) is 29.7 Å². The van der Waals surface area contributed by atoms with Crippen molar-refractivity contribution >= 4 is 32.8 Å². The standard InChI is InChI=1S/C54H42N4O.Pt/c1-37(54(2,3)4)40-31-32-55-52(33-40)58-48-26-12-11-23-46(48)47-30-29-43(35-51(47)58)59-42-22-15-21-41(34-42)56-36-57(50-28-14-13-27-49(50)56)53-44(38-17-7-5-8-18-38)24-16-25-45(53)39-19-9-6-10-20-39;/h5-33,37H,1-4H3;/q-2;/i5D,6D,7D,8D,9D,10D,11D,12D,17D,18D,19D,20D,23D,26D;. The molecule has 3 heterocycles. The molecule has 296 valence electrons. The first-order chi connectivity index (χ1) is 34.6. The van der Waals surface area contributed by atoms with Gasteiger partial charge in [0.25, 0.3) is 6.33 Å². The third-order valence-electron chi connectivity index (χ3n) is 10.7. The van der Waals surface area contributed by atoms with Crippen LogP contribution in [-0.4, -0.2) is 14.1 Å². The zero-order chi connectivity index (χ0) is 52.3. The molecule has 0 saturated carbocycles. The van der Waals surface area contributed by atoms with Crippen molar-refractivity contribution in [3.63, 3.8) is 0 Å². The fraction of sp³-hybridized carbons (Fsp3) is 0.111. The van der Waals surface area contributed by atoms with Crippen molar-refractivity contribution in [2.24, 2.45) is 5.41 Å². The van der Waals surface area contributed by atoms with Crippen LogP contribution in [0.5, 0.6) is 11.5 Å². The van der Waals surface area contributed by atoms with Crippen molar-refractivity contribution in [1.82, 2.24) is 14.1 Å². The van der Waals surface area contributed by atoms with Gasteiger partial charge >= 0.3 is 0 Å². The van der Waals surface area contributed by atoms with Gasteiger partial charge in [0.05, 0.1) is 35.9 Å². The number of hydrogen-bond donors (Lipinski definition) is 0. The van der Waals surface area contributed by atoms with Gasteiger partial charge in [0.15, 0.2) is 0 Å². The summed E-state index contributed by atoms with van der Waals surface area (Å²) in [6.45, 7) is 8.55. The molecule has 0 aliphatic rings. The Labute approximate surface area is 385 Å². The number of benzene rings is 7. The number of nitrogens with zero attached hydrogens (tertiary/aromatic N) is 4. The quantitative estimate of drug-likeness (QED) is 0.112. The van der Waals surface area contributed by atoms with E-state index in [0.717, 1.165) is 5.56 Å². The summed E-state index contributed by atoms with van der Waals surface area (Å²) >= 11 is 0. The van der Waals surface area contributed by atoms with Crippen LogP contribution in [0, 0.1) is 23.9 Å². The number of pyridine rings is 1. The minimum absolute atomic E-state index is 0. The van der Waals surface area contributed by atoms with Gasteiger partial charge in [0.1, 0.15) is 5.82 Å². The molecular weight excluding hydrogens is 916 g/mol. The smallest absolute Gasteiger partial charge is 0.268 e. The van der Waals surface area contributed by atoms with Crippen LogP contribution < -0.4 is 9.30 Å². The van der Waals surface area contributed by atoms with Crippen molar-refractivity contribution in [3.8, 4) is 50.9 Å². The van der Waals surface area contributed by atoms with E-state index < -0.39 is 60.4 Å². The molecule has 0 bridgehead atoms. The van der Waals surface area contributed by atoms with E-state index in [2.05, 4.69) is 46.2 Å². The Kier molecular flexibility index (Phi) is 6.84. The monoisotopic (exact) mass is 971 g/mol. The predicted octanol–water partition coefficient (Wildman–Crippen LogP) is 13.1. The van der Waals surface area contributed by atoms with Crippen molar-refractivity contribution < 1.29 is 49.6 Å². The number of imidazole rings is 1. The summed E-state index contributed by atoms with van der Waals surface area (Å²) in [4.78, 5) is 4.71. The molecule has 0 amide bonds. The maximum Gasteiger partial charge on any atom is 0.268 e. The molecule has 0 N–H and O–H groups in total. The topological polar surface area (TPSA) is 35.9 Å². The molecule has 0 fully saturated rings. The van der Waals surface area contributed by atoms with Crippen molar-refractivity contribution in [3.05, 3.63) is 200 Å². The van der Waals surface area contributed by atoms with E-state index in [4.69, 9.17) is 28.9 Å². The number of rotatable bonds is 8. The molecule has 60 heavy (non-hydrogen) atoms. The fourth-order valence-corrected chi connectivity index (χ4v) is 7.34. The van der Waals surface area contributed by atoms with Crippen LogP contribution in [0.2, 0.25) is 0 Å². The third-order valence-corrected chi connectivity index (χ3v) is 10.7. The second-order valence-electron chi connectivity index (χ2n) is 15.1. The Balaban J connectivity index is 0.00000672. The zero-order valence-corrected chi connectivity index (χ0v) is 35.0. The molecule has 0 aliphatic heterocycles. The summed E-state index contributed by atoms with van der Waals surface area (Å²) in [6.07, 6.45) is 5.04. The second kappa shape index (κ2) is 15.9. The van der Waals surface area contributed by atoms with Crippen LogP contribution in [0.15, 0.2) is 176 Å². The van der Waals surface area contributed by atoms with E-state index >= 15 is 0 Å². The van der Waals surface area contributed by atoms with Crippen LogP contribution in [0.4, 0.5) is 0 Å². The Morgan fingerprint density at radius 2 is 1.35 bits per heavy atom. The van der Waals surface area contributed by atoms with E-state index in [1.54, 1.807) is 86.6 Å². The Bertz CT molecular complexity index is 3830. The molecule has 3 aromatic heterocycles. The molecule has 0 aliphatic carbocycles. The molecule has 10 aromatic rings. The predicted molar refractivity (Wildman–Crippen MR) is 239 cm³/mol. The average molecular weight is 972 g/mol.